The number of benzene rings is 1. The normalized spacial score (nSPS) is 17.2. The molecule has 1 atom stereocenters. The van der Waals surface area contributed by atoms with Crippen molar-refractivity contribution in [3.63, 3.8) is 0 Å². The first kappa shape index (κ1) is 19.9. The summed E-state index contributed by atoms with van der Waals surface area (Å²) >= 11 is 0. The van der Waals surface area contributed by atoms with Gasteiger partial charge in [0.1, 0.15) is 0 Å². The quantitative estimate of drug-likeness (QED) is 0.756. The predicted molar refractivity (Wildman–Crippen MR) is 103 cm³/mol. The summed E-state index contributed by atoms with van der Waals surface area (Å²) in [7, 11) is 1.96. The number of likely N-dealkylation sites (N-methyl/N-ethyl adjacent to an activating group) is 1. The molecule has 1 aliphatic carbocycles. The molecule has 1 unspecified atom stereocenters. The average molecular weight is 364 g/mol. The SMILES string of the molecule is CNC(C)Cc1noc(CC2(CCc3ccccc3)CCCC2)n1.Cl. The van der Waals surface area contributed by atoms with Crippen LogP contribution in [0.1, 0.15) is 56.3 Å². The molecule has 1 aliphatic rings. The summed E-state index contributed by atoms with van der Waals surface area (Å²) in [6, 6.07) is 11.2. The molecule has 0 bridgehead atoms. The highest BCUT2D eigenvalue weighted by Crippen LogP contribution is 2.44. The monoisotopic (exact) mass is 363 g/mol. The van der Waals surface area contributed by atoms with Crippen molar-refractivity contribution in [3.8, 4) is 0 Å². The van der Waals surface area contributed by atoms with E-state index in [0.29, 0.717) is 11.5 Å². The molecule has 0 spiro atoms. The van der Waals surface area contributed by atoms with E-state index in [1.54, 1.807) is 0 Å². The Hall–Kier alpha value is -1.39. The Bertz CT molecular complexity index is 623. The zero-order valence-corrected chi connectivity index (χ0v) is 16.1. The van der Waals surface area contributed by atoms with Gasteiger partial charge in [-0.15, -0.1) is 12.4 Å². The summed E-state index contributed by atoms with van der Waals surface area (Å²) in [6.07, 6.45) is 9.31. The van der Waals surface area contributed by atoms with Crippen LogP contribution in [0.2, 0.25) is 0 Å². The molecule has 3 rings (SSSR count). The summed E-state index contributed by atoms with van der Waals surface area (Å²) in [5.74, 6) is 1.64. The lowest BCUT2D eigenvalue weighted by Gasteiger charge is -2.27. The maximum atomic E-state index is 5.56. The first-order valence-corrected chi connectivity index (χ1v) is 9.22. The topological polar surface area (TPSA) is 51.0 Å². The summed E-state index contributed by atoms with van der Waals surface area (Å²) in [5, 5.41) is 7.39. The van der Waals surface area contributed by atoms with Crippen molar-refractivity contribution in [2.24, 2.45) is 5.41 Å². The molecule has 2 aromatic rings. The zero-order valence-electron chi connectivity index (χ0n) is 15.3. The second-order valence-electron chi connectivity index (χ2n) is 7.37. The van der Waals surface area contributed by atoms with Crippen LogP contribution in [0, 0.1) is 5.41 Å². The van der Waals surface area contributed by atoms with Gasteiger partial charge in [0.05, 0.1) is 0 Å². The van der Waals surface area contributed by atoms with Crippen molar-refractivity contribution in [1.29, 1.82) is 0 Å². The maximum Gasteiger partial charge on any atom is 0.227 e. The zero-order chi connectivity index (χ0) is 16.8. The first-order valence-electron chi connectivity index (χ1n) is 9.22. The molecule has 0 aliphatic heterocycles. The number of aromatic nitrogens is 2. The lowest BCUT2D eigenvalue weighted by atomic mass is 9.77. The minimum Gasteiger partial charge on any atom is -0.339 e. The number of rotatable bonds is 8. The smallest absolute Gasteiger partial charge is 0.227 e. The molecule has 0 saturated heterocycles. The van der Waals surface area contributed by atoms with Crippen molar-refractivity contribution in [2.45, 2.75) is 64.3 Å². The fourth-order valence-corrected chi connectivity index (χ4v) is 3.84. The average Bonchev–Trinajstić information content (AvgIpc) is 3.24. The third-order valence-corrected chi connectivity index (χ3v) is 5.47. The lowest BCUT2D eigenvalue weighted by molar-refractivity contribution is 0.233. The molecule has 1 fully saturated rings. The Morgan fingerprint density at radius 2 is 1.92 bits per heavy atom. The number of nitrogens with zero attached hydrogens (tertiary/aromatic N) is 2. The van der Waals surface area contributed by atoms with Gasteiger partial charge < -0.3 is 9.84 Å². The molecule has 0 amide bonds. The molecule has 1 aromatic carbocycles. The van der Waals surface area contributed by atoms with Gasteiger partial charge in [0.2, 0.25) is 5.89 Å². The third-order valence-electron chi connectivity index (χ3n) is 5.47. The predicted octanol–water partition coefficient (Wildman–Crippen LogP) is 4.38. The van der Waals surface area contributed by atoms with E-state index in [4.69, 9.17) is 4.52 Å². The highest BCUT2D eigenvalue weighted by atomic mass is 35.5. The fraction of sp³-hybridized carbons (Fsp3) is 0.600. The van der Waals surface area contributed by atoms with E-state index in [2.05, 4.69) is 52.7 Å². The molecule has 1 saturated carbocycles. The van der Waals surface area contributed by atoms with Crippen molar-refractivity contribution < 1.29 is 4.52 Å². The molecule has 4 nitrogen and oxygen atoms in total. The Kier molecular flexibility index (Phi) is 7.45. The minimum absolute atomic E-state index is 0. The molecule has 0 radical (unpaired) electrons. The van der Waals surface area contributed by atoms with E-state index in [0.717, 1.165) is 31.0 Å². The molecule has 1 heterocycles. The van der Waals surface area contributed by atoms with Gasteiger partial charge in [0.25, 0.3) is 0 Å². The van der Waals surface area contributed by atoms with Crippen LogP contribution in [-0.4, -0.2) is 23.2 Å². The summed E-state index contributed by atoms with van der Waals surface area (Å²) < 4.78 is 5.56. The second-order valence-corrected chi connectivity index (χ2v) is 7.37. The Morgan fingerprint density at radius 3 is 2.60 bits per heavy atom. The molecular formula is C20H30ClN3O. The van der Waals surface area contributed by atoms with Crippen molar-refractivity contribution in [2.75, 3.05) is 7.05 Å². The van der Waals surface area contributed by atoms with Crippen LogP contribution in [0.3, 0.4) is 0 Å². The largest absolute Gasteiger partial charge is 0.339 e. The van der Waals surface area contributed by atoms with Crippen molar-refractivity contribution in [3.05, 3.63) is 47.6 Å². The summed E-state index contributed by atoms with van der Waals surface area (Å²) in [6.45, 7) is 2.13. The van der Waals surface area contributed by atoms with Gasteiger partial charge in [0, 0.05) is 18.9 Å². The summed E-state index contributed by atoms with van der Waals surface area (Å²) in [4.78, 5) is 4.64. The van der Waals surface area contributed by atoms with Gasteiger partial charge in [-0.05, 0) is 50.6 Å². The number of hydrogen-bond acceptors (Lipinski definition) is 4. The van der Waals surface area contributed by atoms with Gasteiger partial charge in [-0.25, -0.2) is 0 Å². The van der Waals surface area contributed by atoms with Crippen molar-refractivity contribution >= 4 is 12.4 Å². The van der Waals surface area contributed by atoms with E-state index in [1.165, 1.54) is 37.7 Å². The Balaban J connectivity index is 0.00000225. The standard InChI is InChI=1S/C20H29N3O.ClH/c1-16(21-2)14-18-22-19(24-23-18)15-20(11-6-7-12-20)13-10-17-8-4-3-5-9-17;/h3-5,8-9,16,21H,6-7,10-15H2,1-2H3;1H. The highest BCUT2D eigenvalue weighted by Gasteiger charge is 2.35. The van der Waals surface area contributed by atoms with Gasteiger partial charge >= 0.3 is 0 Å². The maximum absolute atomic E-state index is 5.56. The van der Waals surface area contributed by atoms with Crippen LogP contribution in [-0.2, 0) is 19.3 Å². The number of aryl methyl sites for hydroxylation is 1. The van der Waals surface area contributed by atoms with Gasteiger partial charge in [0.15, 0.2) is 5.82 Å². The highest BCUT2D eigenvalue weighted by molar-refractivity contribution is 5.85. The van der Waals surface area contributed by atoms with Crippen molar-refractivity contribution in [1.82, 2.24) is 15.5 Å². The molecule has 25 heavy (non-hydrogen) atoms. The Labute approximate surface area is 157 Å². The van der Waals surface area contributed by atoms with Crippen LogP contribution in [0.25, 0.3) is 0 Å². The first-order chi connectivity index (χ1) is 11.7. The number of hydrogen-bond donors (Lipinski definition) is 1. The number of halogens is 1. The molecule has 5 heteroatoms. The lowest BCUT2D eigenvalue weighted by Crippen LogP contribution is -2.24. The third kappa shape index (κ3) is 5.55. The van der Waals surface area contributed by atoms with E-state index in [1.807, 2.05) is 7.05 Å². The van der Waals surface area contributed by atoms with Crippen LogP contribution >= 0.6 is 12.4 Å². The Morgan fingerprint density at radius 1 is 1.20 bits per heavy atom. The molecule has 138 valence electrons. The molecule has 1 aromatic heterocycles. The van der Waals surface area contributed by atoms with Crippen LogP contribution in [0.15, 0.2) is 34.9 Å². The van der Waals surface area contributed by atoms with Gasteiger partial charge in [-0.3, -0.25) is 0 Å². The van der Waals surface area contributed by atoms with E-state index in [-0.39, 0.29) is 12.4 Å². The summed E-state index contributed by atoms with van der Waals surface area (Å²) in [5.41, 5.74) is 1.77. The van der Waals surface area contributed by atoms with E-state index >= 15 is 0 Å². The second kappa shape index (κ2) is 9.35. The van der Waals surface area contributed by atoms with E-state index < -0.39 is 0 Å². The van der Waals surface area contributed by atoms with E-state index in [9.17, 15) is 0 Å². The molecule has 1 N–H and O–H groups in total. The van der Waals surface area contributed by atoms with Gasteiger partial charge in [-0.1, -0.05) is 48.3 Å². The minimum atomic E-state index is 0. The van der Waals surface area contributed by atoms with Crippen LogP contribution < -0.4 is 5.32 Å². The van der Waals surface area contributed by atoms with Gasteiger partial charge in [-0.2, -0.15) is 4.98 Å². The number of nitrogens with one attached hydrogen (secondary N) is 1. The van der Waals surface area contributed by atoms with Crippen LogP contribution in [0.5, 0.6) is 0 Å². The fourth-order valence-electron chi connectivity index (χ4n) is 3.84. The molecular weight excluding hydrogens is 334 g/mol. The van der Waals surface area contributed by atoms with Crippen LogP contribution in [0.4, 0.5) is 0 Å².